The summed E-state index contributed by atoms with van der Waals surface area (Å²) in [5.41, 5.74) is 6.53. The molecule has 1 aromatic carbocycles. The molecule has 4 N–H and O–H groups in total. The maximum Gasteiger partial charge on any atom is 0.251 e. The number of amides is 1. The summed E-state index contributed by atoms with van der Waals surface area (Å²) in [6, 6.07) is 6.56. The number of carbonyl (C=O) groups is 1. The Balaban J connectivity index is 2.63. The van der Waals surface area contributed by atoms with Crippen molar-refractivity contribution in [1.29, 1.82) is 0 Å². The van der Waals surface area contributed by atoms with Crippen molar-refractivity contribution in [2.75, 3.05) is 13.7 Å². The predicted octanol–water partition coefficient (Wildman–Crippen LogP) is 0.936. The van der Waals surface area contributed by atoms with Gasteiger partial charge in [-0.3, -0.25) is 4.79 Å². The molecule has 6 heteroatoms. The van der Waals surface area contributed by atoms with Gasteiger partial charge in [0, 0.05) is 30.9 Å². The highest BCUT2D eigenvalue weighted by Gasteiger charge is 2.10. The lowest BCUT2D eigenvalue weighted by Gasteiger charge is -2.13. The maximum atomic E-state index is 11.9. The minimum atomic E-state index is -0.158. The van der Waals surface area contributed by atoms with Crippen molar-refractivity contribution >= 4 is 11.7 Å². The molecule has 6 nitrogen and oxygen atoms in total. The van der Waals surface area contributed by atoms with Crippen LogP contribution in [0.2, 0.25) is 0 Å². The summed E-state index contributed by atoms with van der Waals surface area (Å²) in [4.78, 5) is 11.9. The van der Waals surface area contributed by atoms with E-state index in [1.165, 1.54) is 0 Å². The van der Waals surface area contributed by atoms with Gasteiger partial charge in [0.25, 0.3) is 5.91 Å². The number of oxime groups is 1. The number of rotatable bonds is 6. The highest BCUT2D eigenvalue weighted by atomic mass is 16.5. The first-order chi connectivity index (χ1) is 9.08. The number of carbonyl (C=O) groups excluding carboxylic acids is 1. The first kappa shape index (κ1) is 15.0. The van der Waals surface area contributed by atoms with E-state index in [2.05, 4.69) is 10.5 Å². The maximum absolute atomic E-state index is 11.9. The zero-order chi connectivity index (χ0) is 14.3. The van der Waals surface area contributed by atoms with Crippen LogP contribution >= 0.6 is 0 Å². The average molecular weight is 265 g/mol. The summed E-state index contributed by atoms with van der Waals surface area (Å²) in [6.07, 6.45) is 0.754. The molecule has 1 aromatic rings. The van der Waals surface area contributed by atoms with Gasteiger partial charge in [0.1, 0.15) is 0 Å². The molecular formula is C13H19N3O3. The number of benzene rings is 1. The second-order valence-electron chi connectivity index (χ2n) is 4.22. The Bertz CT molecular complexity index is 443. The molecule has 0 saturated carbocycles. The molecule has 0 aliphatic rings. The molecule has 0 aromatic heterocycles. The summed E-state index contributed by atoms with van der Waals surface area (Å²) in [5, 5.41) is 14.3. The average Bonchev–Trinajstić information content (AvgIpc) is 2.44. The minimum Gasteiger partial charge on any atom is -0.409 e. The fraction of sp³-hybridized carbons (Fsp3) is 0.385. The third-order valence-corrected chi connectivity index (χ3v) is 2.68. The molecule has 0 saturated heterocycles. The van der Waals surface area contributed by atoms with Crippen LogP contribution in [0.3, 0.4) is 0 Å². The van der Waals surface area contributed by atoms with Crippen LogP contribution in [0.5, 0.6) is 0 Å². The van der Waals surface area contributed by atoms with Gasteiger partial charge >= 0.3 is 0 Å². The van der Waals surface area contributed by atoms with Gasteiger partial charge in [-0.1, -0.05) is 17.3 Å². The van der Waals surface area contributed by atoms with Crippen molar-refractivity contribution in [3.63, 3.8) is 0 Å². The lowest BCUT2D eigenvalue weighted by atomic mass is 10.1. The number of nitrogens with two attached hydrogens (primary N) is 1. The van der Waals surface area contributed by atoms with Crippen LogP contribution in [0.15, 0.2) is 29.4 Å². The van der Waals surface area contributed by atoms with Crippen molar-refractivity contribution in [2.45, 2.75) is 19.4 Å². The second kappa shape index (κ2) is 7.38. The molecule has 1 atom stereocenters. The molecule has 1 rings (SSSR count). The standard InChI is InChI=1S/C13H19N3O3/c1-9(7-8-19-2)15-13(17)11-5-3-10(4-6-11)12(14)16-18/h3-6,9,18H,7-8H2,1-2H3,(H2,14,16)(H,15,17). The second-order valence-corrected chi connectivity index (χ2v) is 4.22. The largest absolute Gasteiger partial charge is 0.409 e. The van der Waals surface area contributed by atoms with Gasteiger partial charge in [0.2, 0.25) is 0 Å². The first-order valence-corrected chi connectivity index (χ1v) is 5.96. The van der Waals surface area contributed by atoms with Crippen LogP contribution in [0, 0.1) is 0 Å². The number of ether oxygens (including phenoxy) is 1. The Morgan fingerprint density at radius 3 is 2.53 bits per heavy atom. The van der Waals surface area contributed by atoms with Crippen molar-refractivity contribution in [1.82, 2.24) is 5.32 Å². The number of hydrogen-bond donors (Lipinski definition) is 3. The number of amidine groups is 1. The van der Waals surface area contributed by atoms with Gasteiger partial charge in [0.05, 0.1) is 0 Å². The van der Waals surface area contributed by atoms with E-state index in [0.29, 0.717) is 17.7 Å². The zero-order valence-corrected chi connectivity index (χ0v) is 11.1. The van der Waals surface area contributed by atoms with E-state index in [-0.39, 0.29) is 17.8 Å². The van der Waals surface area contributed by atoms with Gasteiger partial charge in [-0.25, -0.2) is 0 Å². The molecule has 0 aliphatic carbocycles. The van der Waals surface area contributed by atoms with E-state index in [0.717, 1.165) is 6.42 Å². The van der Waals surface area contributed by atoms with Gasteiger partial charge in [-0.2, -0.15) is 0 Å². The molecule has 0 aliphatic heterocycles. The van der Waals surface area contributed by atoms with Crippen LogP contribution in [0.1, 0.15) is 29.3 Å². The Kier molecular flexibility index (Phi) is 5.81. The lowest BCUT2D eigenvalue weighted by Crippen LogP contribution is -2.33. The summed E-state index contributed by atoms with van der Waals surface area (Å²) in [5.74, 6) is -0.143. The van der Waals surface area contributed by atoms with Crippen molar-refractivity contribution in [3.05, 3.63) is 35.4 Å². The van der Waals surface area contributed by atoms with Crippen LogP contribution in [0.4, 0.5) is 0 Å². The van der Waals surface area contributed by atoms with Crippen molar-refractivity contribution < 1.29 is 14.7 Å². The van der Waals surface area contributed by atoms with Crippen LogP contribution in [0.25, 0.3) is 0 Å². The molecule has 0 fully saturated rings. The van der Waals surface area contributed by atoms with Crippen LogP contribution in [-0.4, -0.2) is 36.7 Å². The van der Waals surface area contributed by atoms with Gasteiger partial charge < -0.3 is 21.0 Å². The van der Waals surface area contributed by atoms with E-state index < -0.39 is 0 Å². The highest BCUT2D eigenvalue weighted by Crippen LogP contribution is 2.05. The molecule has 19 heavy (non-hydrogen) atoms. The van der Waals surface area contributed by atoms with E-state index in [1.54, 1.807) is 31.4 Å². The Morgan fingerprint density at radius 2 is 2.00 bits per heavy atom. The quantitative estimate of drug-likeness (QED) is 0.308. The lowest BCUT2D eigenvalue weighted by molar-refractivity contribution is 0.0929. The van der Waals surface area contributed by atoms with Crippen molar-refractivity contribution in [3.8, 4) is 0 Å². The molecular weight excluding hydrogens is 246 g/mol. The Labute approximate surface area is 112 Å². The third kappa shape index (κ3) is 4.59. The normalized spacial score (nSPS) is 13.1. The van der Waals surface area contributed by atoms with E-state index in [9.17, 15) is 4.79 Å². The van der Waals surface area contributed by atoms with Crippen LogP contribution in [-0.2, 0) is 4.74 Å². The zero-order valence-electron chi connectivity index (χ0n) is 11.1. The van der Waals surface area contributed by atoms with Gasteiger partial charge in [-0.15, -0.1) is 0 Å². The molecule has 1 unspecified atom stereocenters. The van der Waals surface area contributed by atoms with Gasteiger partial charge in [-0.05, 0) is 25.5 Å². The van der Waals surface area contributed by atoms with Crippen LogP contribution < -0.4 is 11.1 Å². The minimum absolute atomic E-state index is 0.0143. The molecule has 104 valence electrons. The highest BCUT2D eigenvalue weighted by molar-refractivity contribution is 5.99. The fourth-order valence-electron chi connectivity index (χ4n) is 1.52. The van der Waals surface area contributed by atoms with E-state index in [4.69, 9.17) is 15.7 Å². The smallest absolute Gasteiger partial charge is 0.251 e. The monoisotopic (exact) mass is 265 g/mol. The summed E-state index contributed by atoms with van der Waals surface area (Å²) in [6.45, 7) is 2.52. The predicted molar refractivity (Wildman–Crippen MR) is 72.4 cm³/mol. The molecule has 1 amide bonds. The molecule has 0 heterocycles. The third-order valence-electron chi connectivity index (χ3n) is 2.68. The summed E-state index contributed by atoms with van der Waals surface area (Å²) in [7, 11) is 1.63. The number of nitrogens with one attached hydrogen (secondary N) is 1. The number of methoxy groups -OCH3 is 1. The van der Waals surface area contributed by atoms with E-state index in [1.807, 2.05) is 6.92 Å². The van der Waals surface area contributed by atoms with Crippen molar-refractivity contribution in [2.24, 2.45) is 10.9 Å². The van der Waals surface area contributed by atoms with E-state index >= 15 is 0 Å². The Morgan fingerprint density at radius 1 is 1.42 bits per heavy atom. The Hall–Kier alpha value is -2.08. The SMILES string of the molecule is COCCC(C)NC(=O)c1ccc(C(N)=NO)cc1. The molecule has 0 spiro atoms. The number of nitrogens with zero attached hydrogens (tertiary/aromatic N) is 1. The molecule has 0 bridgehead atoms. The molecule has 0 radical (unpaired) electrons. The summed E-state index contributed by atoms with van der Waals surface area (Å²) >= 11 is 0. The topological polar surface area (TPSA) is 96.9 Å². The van der Waals surface area contributed by atoms with Gasteiger partial charge in [0.15, 0.2) is 5.84 Å². The first-order valence-electron chi connectivity index (χ1n) is 5.96. The summed E-state index contributed by atoms with van der Waals surface area (Å²) < 4.78 is 4.95. The number of hydrogen-bond acceptors (Lipinski definition) is 4. The fourth-order valence-corrected chi connectivity index (χ4v) is 1.52.